The minimum Gasteiger partial charge on any atom is -0.323 e. The fourth-order valence-corrected chi connectivity index (χ4v) is 1.53. The van der Waals surface area contributed by atoms with Crippen molar-refractivity contribution in [1.29, 1.82) is 0 Å². The van der Waals surface area contributed by atoms with E-state index in [-0.39, 0.29) is 6.04 Å². The molecular weight excluding hydrogens is 212 g/mol. The van der Waals surface area contributed by atoms with Gasteiger partial charge in [-0.2, -0.15) is 5.10 Å². The van der Waals surface area contributed by atoms with Crippen molar-refractivity contribution < 1.29 is 0 Å². The van der Waals surface area contributed by atoms with Crippen LogP contribution in [0.1, 0.15) is 30.6 Å². The Hall–Kier alpha value is -1.13. The standard InChI is InChI=1S/C10H13ClN4/c1-3-7(12)8-4-9-13-10(11)6(2)5-15(9)14-8/h4-5,7H,3,12H2,1-2H3/t7-/m0/s1. The van der Waals surface area contributed by atoms with Crippen LogP contribution in [0.2, 0.25) is 5.15 Å². The predicted molar refractivity (Wildman–Crippen MR) is 60.0 cm³/mol. The number of hydrogen-bond acceptors (Lipinski definition) is 3. The number of aryl methyl sites for hydroxylation is 1. The summed E-state index contributed by atoms with van der Waals surface area (Å²) in [4.78, 5) is 4.22. The maximum absolute atomic E-state index is 5.93. The summed E-state index contributed by atoms with van der Waals surface area (Å²) in [6.45, 7) is 3.93. The van der Waals surface area contributed by atoms with Gasteiger partial charge >= 0.3 is 0 Å². The van der Waals surface area contributed by atoms with Crippen LogP contribution in [-0.2, 0) is 0 Å². The fraction of sp³-hybridized carbons (Fsp3) is 0.400. The molecule has 0 saturated carbocycles. The number of rotatable bonds is 2. The average molecular weight is 225 g/mol. The lowest BCUT2D eigenvalue weighted by Crippen LogP contribution is -2.09. The molecule has 80 valence electrons. The van der Waals surface area contributed by atoms with E-state index in [9.17, 15) is 0 Å². The number of fused-ring (bicyclic) bond motifs is 1. The van der Waals surface area contributed by atoms with Crippen LogP contribution >= 0.6 is 11.6 Å². The zero-order chi connectivity index (χ0) is 11.0. The largest absolute Gasteiger partial charge is 0.323 e. The Bertz CT molecular complexity index is 452. The van der Waals surface area contributed by atoms with E-state index in [0.29, 0.717) is 5.15 Å². The first-order valence-corrected chi connectivity index (χ1v) is 5.27. The molecule has 0 bridgehead atoms. The quantitative estimate of drug-likeness (QED) is 0.795. The summed E-state index contributed by atoms with van der Waals surface area (Å²) in [5, 5.41) is 4.87. The first kappa shape index (κ1) is 10.4. The van der Waals surface area contributed by atoms with E-state index in [4.69, 9.17) is 17.3 Å². The number of nitrogens with zero attached hydrogens (tertiary/aromatic N) is 3. The van der Waals surface area contributed by atoms with Crippen LogP contribution in [0.25, 0.3) is 5.65 Å². The van der Waals surface area contributed by atoms with Crippen LogP contribution in [0.5, 0.6) is 0 Å². The van der Waals surface area contributed by atoms with Gasteiger partial charge in [-0.25, -0.2) is 9.50 Å². The third-order valence-electron chi connectivity index (χ3n) is 2.41. The minimum absolute atomic E-state index is 0.0363. The molecule has 0 amide bonds. The molecule has 2 aromatic heterocycles. The van der Waals surface area contributed by atoms with Gasteiger partial charge < -0.3 is 5.73 Å². The molecule has 2 heterocycles. The maximum Gasteiger partial charge on any atom is 0.157 e. The summed E-state index contributed by atoms with van der Waals surface area (Å²) in [6, 6.07) is 1.84. The molecule has 15 heavy (non-hydrogen) atoms. The van der Waals surface area contributed by atoms with Gasteiger partial charge in [-0.1, -0.05) is 18.5 Å². The third kappa shape index (κ3) is 1.82. The van der Waals surface area contributed by atoms with E-state index in [2.05, 4.69) is 10.1 Å². The van der Waals surface area contributed by atoms with E-state index in [1.54, 1.807) is 4.52 Å². The second-order valence-electron chi connectivity index (χ2n) is 3.60. The van der Waals surface area contributed by atoms with Crippen molar-refractivity contribution in [1.82, 2.24) is 14.6 Å². The lowest BCUT2D eigenvalue weighted by atomic mass is 10.2. The normalized spacial score (nSPS) is 13.3. The van der Waals surface area contributed by atoms with Crippen LogP contribution in [0.3, 0.4) is 0 Å². The number of hydrogen-bond donors (Lipinski definition) is 1. The van der Waals surface area contributed by atoms with Crippen molar-refractivity contribution in [2.75, 3.05) is 0 Å². The average Bonchev–Trinajstić information content (AvgIpc) is 2.60. The van der Waals surface area contributed by atoms with Crippen molar-refractivity contribution in [3.8, 4) is 0 Å². The molecule has 0 aliphatic rings. The number of halogens is 1. The highest BCUT2D eigenvalue weighted by molar-refractivity contribution is 6.30. The van der Waals surface area contributed by atoms with Crippen molar-refractivity contribution in [3.63, 3.8) is 0 Å². The van der Waals surface area contributed by atoms with Crippen molar-refractivity contribution in [3.05, 3.63) is 28.7 Å². The number of nitrogens with two attached hydrogens (primary N) is 1. The van der Waals surface area contributed by atoms with Crippen LogP contribution in [0.4, 0.5) is 0 Å². The van der Waals surface area contributed by atoms with Crippen LogP contribution in [0.15, 0.2) is 12.3 Å². The van der Waals surface area contributed by atoms with Gasteiger partial charge in [-0.05, 0) is 13.3 Å². The van der Waals surface area contributed by atoms with E-state index >= 15 is 0 Å². The SMILES string of the molecule is CC[C@H](N)c1cc2nc(Cl)c(C)cn2n1. The highest BCUT2D eigenvalue weighted by atomic mass is 35.5. The smallest absolute Gasteiger partial charge is 0.157 e. The number of aromatic nitrogens is 3. The zero-order valence-corrected chi connectivity index (χ0v) is 9.49. The van der Waals surface area contributed by atoms with E-state index in [0.717, 1.165) is 23.3 Å². The second-order valence-corrected chi connectivity index (χ2v) is 3.96. The van der Waals surface area contributed by atoms with E-state index in [1.807, 2.05) is 26.1 Å². The summed E-state index contributed by atoms with van der Waals surface area (Å²) < 4.78 is 1.71. The Kier molecular flexibility index (Phi) is 2.63. The van der Waals surface area contributed by atoms with Gasteiger partial charge in [0, 0.05) is 23.9 Å². The van der Waals surface area contributed by atoms with Crippen molar-refractivity contribution in [2.45, 2.75) is 26.3 Å². The van der Waals surface area contributed by atoms with Gasteiger partial charge in [-0.15, -0.1) is 0 Å². The van der Waals surface area contributed by atoms with Gasteiger partial charge in [0.15, 0.2) is 5.65 Å². The molecular formula is C10H13ClN4. The minimum atomic E-state index is -0.0363. The molecule has 2 rings (SSSR count). The van der Waals surface area contributed by atoms with Crippen molar-refractivity contribution in [2.24, 2.45) is 5.73 Å². The Morgan fingerprint density at radius 1 is 1.60 bits per heavy atom. The van der Waals surface area contributed by atoms with Crippen LogP contribution in [-0.4, -0.2) is 14.6 Å². The molecule has 1 atom stereocenters. The monoisotopic (exact) mass is 224 g/mol. The van der Waals surface area contributed by atoms with E-state index < -0.39 is 0 Å². The molecule has 0 aliphatic carbocycles. The third-order valence-corrected chi connectivity index (χ3v) is 2.79. The summed E-state index contributed by atoms with van der Waals surface area (Å²) in [5.41, 5.74) is 8.40. The summed E-state index contributed by atoms with van der Waals surface area (Å²) in [7, 11) is 0. The molecule has 2 N–H and O–H groups in total. The zero-order valence-electron chi connectivity index (χ0n) is 8.74. The first-order valence-electron chi connectivity index (χ1n) is 4.89. The second kappa shape index (κ2) is 3.79. The molecule has 0 spiro atoms. The molecule has 4 nitrogen and oxygen atoms in total. The van der Waals surface area contributed by atoms with Crippen LogP contribution < -0.4 is 5.73 Å². The Morgan fingerprint density at radius 2 is 2.33 bits per heavy atom. The topological polar surface area (TPSA) is 56.2 Å². The van der Waals surface area contributed by atoms with Gasteiger partial charge in [-0.3, -0.25) is 0 Å². The summed E-state index contributed by atoms with van der Waals surface area (Å²) >= 11 is 5.93. The molecule has 0 aliphatic heterocycles. The molecule has 0 saturated heterocycles. The van der Waals surface area contributed by atoms with Gasteiger partial charge in [0.2, 0.25) is 0 Å². The van der Waals surface area contributed by atoms with Crippen molar-refractivity contribution >= 4 is 17.2 Å². The highest BCUT2D eigenvalue weighted by Crippen LogP contribution is 2.17. The Morgan fingerprint density at radius 3 is 3.00 bits per heavy atom. The Balaban J connectivity index is 2.56. The predicted octanol–water partition coefficient (Wildman–Crippen LogP) is 2.10. The summed E-state index contributed by atoms with van der Waals surface area (Å²) in [5.74, 6) is 0. The fourth-order valence-electron chi connectivity index (χ4n) is 1.40. The molecule has 0 aromatic carbocycles. The molecule has 0 radical (unpaired) electrons. The molecule has 0 unspecified atom stereocenters. The maximum atomic E-state index is 5.93. The Labute approximate surface area is 93.1 Å². The molecule has 5 heteroatoms. The molecule has 2 aromatic rings. The lowest BCUT2D eigenvalue weighted by Gasteiger charge is -2.01. The van der Waals surface area contributed by atoms with Gasteiger partial charge in [0.25, 0.3) is 0 Å². The first-order chi connectivity index (χ1) is 7.11. The van der Waals surface area contributed by atoms with Crippen LogP contribution in [0, 0.1) is 6.92 Å². The molecule has 0 fully saturated rings. The lowest BCUT2D eigenvalue weighted by molar-refractivity contribution is 0.664. The van der Waals surface area contributed by atoms with E-state index in [1.165, 1.54) is 0 Å². The summed E-state index contributed by atoms with van der Waals surface area (Å²) in [6.07, 6.45) is 2.72. The van der Waals surface area contributed by atoms with Gasteiger partial charge in [0.1, 0.15) is 5.15 Å². The van der Waals surface area contributed by atoms with Gasteiger partial charge in [0.05, 0.1) is 5.69 Å². The highest BCUT2D eigenvalue weighted by Gasteiger charge is 2.10.